The van der Waals surface area contributed by atoms with E-state index in [1.165, 1.54) is 16.9 Å². The average molecular weight is 457 g/mol. The minimum atomic E-state index is -4.89. The van der Waals surface area contributed by atoms with Crippen LogP contribution in [0.5, 0.6) is 5.75 Å². The molecule has 0 aliphatic carbocycles. The molecule has 0 bridgehead atoms. The summed E-state index contributed by atoms with van der Waals surface area (Å²) in [4.78, 5) is 8.88. The van der Waals surface area contributed by atoms with Gasteiger partial charge in [0.1, 0.15) is 5.75 Å². The van der Waals surface area contributed by atoms with Gasteiger partial charge in [-0.3, -0.25) is 4.98 Å². The first-order chi connectivity index (χ1) is 15.8. The number of benzene rings is 1. The summed E-state index contributed by atoms with van der Waals surface area (Å²) < 4.78 is 45.2. The van der Waals surface area contributed by atoms with Crippen molar-refractivity contribution >= 4 is 10.9 Å². The van der Waals surface area contributed by atoms with Crippen LogP contribution in [-0.2, 0) is 6.61 Å². The first-order valence-corrected chi connectivity index (χ1v) is 10.4. The molecule has 0 aliphatic rings. The molecular weight excluding hydrogens is 435 g/mol. The topological polar surface area (TPSA) is 99.1 Å². The van der Waals surface area contributed by atoms with Crippen molar-refractivity contribution in [2.45, 2.75) is 38.8 Å². The first-order valence-electron chi connectivity index (χ1n) is 10.4. The summed E-state index contributed by atoms with van der Waals surface area (Å²) in [5, 5.41) is 13.8. The molecule has 172 valence electrons. The van der Waals surface area contributed by atoms with Crippen molar-refractivity contribution in [2.24, 2.45) is 5.73 Å². The quantitative estimate of drug-likeness (QED) is 0.418. The number of hydrogen-bond donors (Lipinski definition) is 2. The zero-order valence-electron chi connectivity index (χ0n) is 17.8. The molecule has 3 aromatic heterocycles. The van der Waals surface area contributed by atoms with Gasteiger partial charge < -0.3 is 15.6 Å². The highest BCUT2D eigenvalue weighted by Gasteiger charge is 2.32. The zero-order chi connectivity index (χ0) is 23.6. The van der Waals surface area contributed by atoms with Crippen LogP contribution in [0.4, 0.5) is 13.2 Å². The third-order valence-corrected chi connectivity index (χ3v) is 5.09. The Labute approximate surface area is 187 Å². The van der Waals surface area contributed by atoms with Crippen molar-refractivity contribution in [3.63, 3.8) is 0 Å². The van der Waals surface area contributed by atoms with Crippen LogP contribution in [0.2, 0.25) is 0 Å². The van der Waals surface area contributed by atoms with Gasteiger partial charge in [0.25, 0.3) is 0 Å². The van der Waals surface area contributed by atoms with E-state index >= 15 is 0 Å². The lowest BCUT2D eigenvalue weighted by molar-refractivity contribution is -0.274. The average Bonchev–Trinajstić information content (AvgIpc) is 3.23. The number of pyridine rings is 2. The van der Waals surface area contributed by atoms with Crippen molar-refractivity contribution in [2.75, 3.05) is 0 Å². The maximum absolute atomic E-state index is 13.2. The van der Waals surface area contributed by atoms with Crippen molar-refractivity contribution in [1.29, 1.82) is 0 Å². The molecule has 0 fully saturated rings. The number of nitrogens with zero attached hydrogens (tertiary/aromatic N) is 4. The molecule has 33 heavy (non-hydrogen) atoms. The number of aromatic nitrogens is 4. The second-order valence-corrected chi connectivity index (χ2v) is 7.50. The van der Waals surface area contributed by atoms with Crippen molar-refractivity contribution < 1.29 is 23.0 Å². The molecule has 0 spiro atoms. The monoisotopic (exact) mass is 457 g/mol. The van der Waals surface area contributed by atoms with Crippen LogP contribution in [0, 0.1) is 0 Å². The Morgan fingerprint density at radius 1 is 1.12 bits per heavy atom. The molecule has 0 unspecified atom stereocenters. The maximum Gasteiger partial charge on any atom is 0.573 e. The zero-order valence-corrected chi connectivity index (χ0v) is 17.8. The Hall–Kier alpha value is -3.50. The molecule has 0 aliphatic heterocycles. The molecule has 0 radical (unpaired) electrons. The number of aliphatic hydroxyl groups excluding tert-OH is 1. The van der Waals surface area contributed by atoms with Crippen LogP contribution in [0.15, 0.2) is 54.7 Å². The lowest BCUT2D eigenvalue weighted by Crippen LogP contribution is -2.17. The van der Waals surface area contributed by atoms with E-state index in [9.17, 15) is 18.3 Å². The van der Waals surface area contributed by atoms with Gasteiger partial charge in [0.15, 0.2) is 5.82 Å². The number of fused-ring (bicyclic) bond motifs is 1. The highest BCUT2D eigenvalue weighted by atomic mass is 19.4. The second-order valence-electron chi connectivity index (χ2n) is 7.50. The van der Waals surface area contributed by atoms with Crippen molar-refractivity contribution in [1.82, 2.24) is 19.7 Å². The molecule has 3 heterocycles. The lowest BCUT2D eigenvalue weighted by Gasteiger charge is -2.14. The number of hydrogen-bond acceptors (Lipinski definition) is 6. The van der Waals surface area contributed by atoms with Gasteiger partial charge in [0, 0.05) is 11.6 Å². The Morgan fingerprint density at radius 2 is 1.91 bits per heavy atom. The number of nitrogens with two attached hydrogens (primary N) is 1. The number of alkyl halides is 3. The molecule has 0 amide bonds. The molecule has 3 N–H and O–H groups in total. The Balaban J connectivity index is 1.89. The van der Waals surface area contributed by atoms with E-state index in [-0.39, 0.29) is 18.0 Å². The molecule has 4 aromatic rings. The Morgan fingerprint density at radius 3 is 2.64 bits per heavy atom. The predicted octanol–water partition coefficient (Wildman–Crippen LogP) is 4.67. The summed E-state index contributed by atoms with van der Waals surface area (Å²) in [5.74, 6) is -0.0528. The third kappa shape index (κ3) is 4.96. The molecule has 1 aromatic carbocycles. The first kappa shape index (κ1) is 22.7. The van der Waals surface area contributed by atoms with Crippen LogP contribution in [0.25, 0.3) is 28.0 Å². The second kappa shape index (κ2) is 9.16. The number of ether oxygens (including phenoxy) is 1. The van der Waals surface area contributed by atoms with Crippen LogP contribution < -0.4 is 10.5 Å². The fourth-order valence-corrected chi connectivity index (χ4v) is 3.58. The van der Waals surface area contributed by atoms with Gasteiger partial charge >= 0.3 is 6.36 Å². The Bertz CT molecular complexity index is 1270. The molecular formula is C23H22F3N5O2. The fourth-order valence-electron chi connectivity index (χ4n) is 3.58. The lowest BCUT2D eigenvalue weighted by atomic mass is 10.1. The third-order valence-electron chi connectivity index (χ3n) is 5.09. The molecule has 0 saturated carbocycles. The SMILES string of the molecule is CCC[C@H](N)c1cccc(-c2cc(OC(F)(F)F)c3cnn(-c4cccc(CO)n4)c3c2)n1. The summed E-state index contributed by atoms with van der Waals surface area (Å²) in [5.41, 5.74) is 8.45. The summed E-state index contributed by atoms with van der Waals surface area (Å²) in [7, 11) is 0. The van der Waals surface area contributed by atoms with Gasteiger partial charge in [-0.15, -0.1) is 13.2 Å². The van der Waals surface area contributed by atoms with E-state index in [1.807, 2.05) is 6.92 Å². The van der Waals surface area contributed by atoms with E-state index in [0.717, 1.165) is 12.8 Å². The standard InChI is InChI=1S/C23H22F3N5O2/c1-2-5-17(27)19-8-4-7-18(30-19)14-10-20-16(21(11-14)33-23(24,25)26)12-28-31(20)22-9-3-6-15(13-32)29-22/h3-4,6-12,17,32H,2,5,13,27H2,1H3/t17-/m0/s1. The van der Waals surface area contributed by atoms with Gasteiger partial charge in [-0.05, 0) is 42.8 Å². The van der Waals surface area contributed by atoms with E-state index in [1.54, 1.807) is 42.5 Å². The largest absolute Gasteiger partial charge is 0.573 e. The van der Waals surface area contributed by atoms with Crippen LogP contribution >= 0.6 is 0 Å². The molecule has 0 saturated heterocycles. The summed E-state index contributed by atoms with van der Waals surface area (Å²) in [6.45, 7) is 1.73. The van der Waals surface area contributed by atoms with Gasteiger partial charge in [0.05, 0.1) is 40.8 Å². The highest BCUT2D eigenvalue weighted by molar-refractivity contribution is 5.90. The molecule has 7 nitrogen and oxygen atoms in total. The summed E-state index contributed by atoms with van der Waals surface area (Å²) in [6.07, 6.45) is -1.99. The number of aliphatic hydroxyl groups is 1. The maximum atomic E-state index is 13.2. The summed E-state index contributed by atoms with van der Waals surface area (Å²) in [6, 6.07) is 12.9. The van der Waals surface area contributed by atoms with E-state index in [0.29, 0.717) is 34.0 Å². The minimum absolute atomic E-state index is 0.158. The van der Waals surface area contributed by atoms with Gasteiger partial charge in [-0.2, -0.15) is 5.10 Å². The molecule has 1 atom stereocenters. The van der Waals surface area contributed by atoms with E-state index < -0.39 is 12.1 Å². The van der Waals surface area contributed by atoms with Crippen LogP contribution in [0.1, 0.15) is 37.2 Å². The highest BCUT2D eigenvalue weighted by Crippen LogP contribution is 2.36. The fraction of sp³-hybridized carbons (Fsp3) is 0.261. The molecule has 4 rings (SSSR count). The minimum Gasteiger partial charge on any atom is -0.405 e. The normalized spacial score (nSPS) is 12.8. The van der Waals surface area contributed by atoms with E-state index in [2.05, 4.69) is 19.8 Å². The number of halogens is 3. The Kier molecular flexibility index (Phi) is 6.30. The van der Waals surface area contributed by atoms with Gasteiger partial charge in [-0.25, -0.2) is 9.67 Å². The smallest absolute Gasteiger partial charge is 0.405 e. The van der Waals surface area contributed by atoms with E-state index in [4.69, 9.17) is 5.73 Å². The predicted molar refractivity (Wildman–Crippen MR) is 117 cm³/mol. The van der Waals surface area contributed by atoms with Gasteiger partial charge in [-0.1, -0.05) is 25.5 Å². The number of rotatable bonds is 7. The van der Waals surface area contributed by atoms with Crippen molar-refractivity contribution in [3.8, 4) is 22.8 Å². The van der Waals surface area contributed by atoms with Gasteiger partial charge in [0.2, 0.25) is 0 Å². The summed E-state index contributed by atoms with van der Waals surface area (Å²) >= 11 is 0. The molecule has 10 heteroatoms. The van der Waals surface area contributed by atoms with Crippen LogP contribution in [0.3, 0.4) is 0 Å². The van der Waals surface area contributed by atoms with Crippen LogP contribution in [-0.4, -0.2) is 31.2 Å². The van der Waals surface area contributed by atoms with Crippen molar-refractivity contribution in [3.05, 3.63) is 66.1 Å².